The summed E-state index contributed by atoms with van der Waals surface area (Å²) in [5.41, 5.74) is 2.27. The lowest BCUT2D eigenvalue weighted by molar-refractivity contribution is 0.0690. The number of hydrogen-bond donors (Lipinski definition) is 2. The fraction of sp³-hybridized carbons (Fsp3) is 0. The fourth-order valence-corrected chi connectivity index (χ4v) is 2.80. The molecule has 7 heteroatoms. The van der Waals surface area contributed by atoms with Crippen LogP contribution in [0.15, 0.2) is 65.8 Å². The van der Waals surface area contributed by atoms with Gasteiger partial charge in [-0.25, -0.2) is 14.3 Å². The number of aromatic nitrogens is 3. The summed E-state index contributed by atoms with van der Waals surface area (Å²) in [6.45, 7) is 0. The summed E-state index contributed by atoms with van der Waals surface area (Å²) in [6, 6.07) is 18.2. The molecule has 0 aliphatic heterocycles. The van der Waals surface area contributed by atoms with Gasteiger partial charge in [-0.15, -0.1) is 0 Å². The molecule has 0 amide bonds. The molecule has 2 heterocycles. The molecule has 2 aromatic heterocycles. The second-order valence-corrected chi connectivity index (χ2v) is 5.40. The minimum absolute atomic E-state index is 0.00458. The minimum Gasteiger partial charge on any atom is -0.476 e. The Kier molecular flexibility index (Phi) is 3.39. The van der Waals surface area contributed by atoms with Gasteiger partial charge < -0.3 is 10.3 Å². The topological polar surface area (TPSA) is 100 Å². The highest BCUT2D eigenvalue weighted by Crippen LogP contribution is 2.25. The molecule has 4 aromatic rings. The van der Waals surface area contributed by atoms with Crippen LogP contribution in [0.25, 0.3) is 27.7 Å². The van der Waals surface area contributed by atoms with Crippen LogP contribution in [-0.4, -0.2) is 30.9 Å². The molecule has 2 aromatic carbocycles. The molecule has 0 fully saturated rings. The van der Waals surface area contributed by atoms with Gasteiger partial charge >= 0.3 is 5.97 Å². The first-order valence-electron chi connectivity index (χ1n) is 7.48. The fourth-order valence-electron chi connectivity index (χ4n) is 2.80. The van der Waals surface area contributed by atoms with Gasteiger partial charge in [0.1, 0.15) is 5.52 Å². The summed E-state index contributed by atoms with van der Waals surface area (Å²) >= 11 is 0. The van der Waals surface area contributed by atoms with Crippen LogP contribution in [0.1, 0.15) is 10.5 Å². The van der Waals surface area contributed by atoms with Gasteiger partial charge in [0, 0.05) is 17.0 Å². The Morgan fingerprint density at radius 2 is 1.72 bits per heavy atom. The third-order valence-corrected chi connectivity index (χ3v) is 3.90. The molecule has 0 saturated carbocycles. The van der Waals surface area contributed by atoms with Crippen molar-refractivity contribution < 1.29 is 15.1 Å². The molecule has 0 radical (unpaired) electrons. The van der Waals surface area contributed by atoms with E-state index in [9.17, 15) is 15.1 Å². The molecular formula is C18H12N4O3. The number of para-hydroxylation sites is 1. The molecule has 0 saturated heterocycles. The Labute approximate surface area is 141 Å². The van der Waals surface area contributed by atoms with Crippen molar-refractivity contribution in [3.8, 4) is 11.3 Å². The van der Waals surface area contributed by atoms with Crippen molar-refractivity contribution in [2.45, 2.75) is 0 Å². The predicted molar refractivity (Wildman–Crippen MR) is 90.2 cm³/mol. The number of aromatic carboxylic acids is 1. The van der Waals surface area contributed by atoms with Crippen LogP contribution in [0.2, 0.25) is 0 Å². The number of fused-ring (bicyclic) bond motifs is 3. The van der Waals surface area contributed by atoms with Crippen LogP contribution in [0.5, 0.6) is 0 Å². The maximum Gasteiger partial charge on any atom is 0.356 e. The van der Waals surface area contributed by atoms with Crippen molar-refractivity contribution in [3.05, 3.63) is 71.8 Å². The molecule has 0 aliphatic rings. The van der Waals surface area contributed by atoms with Crippen LogP contribution in [0, 0.1) is 0 Å². The Morgan fingerprint density at radius 1 is 1.00 bits per heavy atom. The van der Waals surface area contributed by atoms with E-state index in [2.05, 4.69) is 15.2 Å². The Morgan fingerprint density at radius 3 is 2.44 bits per heavy atom. The zero-order chi connectivity index (χ0) is 17.4. The van der Waals surface area contributed by atoms with Crippen LogP contribution < -0.4 is 5.49 Å². The second-order valence-electron chi connectivity index (χ2n) is 5.40. The quantitative estimate of drug-likeness (QED) is 0.434. The van der Waals surface area contributed by atoms with Crippen LogP contribution in [0.3, 0.4) is 0 Å². The maximum atomic E-state index is 11.3. The zero-order valence-corrected chi connectivity index (χ0v) is 12.9. The van der Waals surface area contributed by atoms with Gasteiger partial charge in [-0.3, -0.25) is 0 Å². The van der Waals surface area contributed by atoms with Crippen molar-refractivity contribution in [2.24, 2.45) is 5.16 Å². The highest BCUT2D eigenvalue weighted by molar-refractivity contribution is 5.94. The smallest absolute Gasteiger partial charge is 0.356 e. The van der Waals surface area contributed by atoms with E-state index in [0.29, 0.717) is 16.7 Å². The first kappa shape index (κ1) is 14.8. The standard InChI is InChI=1S/C18H12N4O3/c23-18(24)13-10-15-17(21-25)19-16(11-6-2-1-3-7-11)12-8-4-5-9-14(12)22(15)20-13/h1-10,25H,(H,23,24)/b21-17+. The third kappa shape index (κ3) is 2.38. The molecule has 7 nitrogen and oxygen atoms in total. The van der Waals surface area contributed by atoms with Crippen LogP contribution in [-0.2, 0) is 0 Å². The van der Waals surface area contributed by atoms with E-state index in [4.69, 9.17) is 0 Å². The van der Waals surface area contributed by atoms with Gasteiger partial charge in [-0.05, 0) is 6.07 Å². The zero-order valence-electron chi connectivity index (χ0n) is 12.9. The van der Waals surface area contributed by atoms with E-state index < -0.39 is 5.97 Å². The molecule has 2 N–H and O–H groups in total. The molecule has 0 aliphatic carbocycles. The highest BCUT2D eigenvalue weighted by atomic mass is 16.4. The van der Waals surface area contributed by atoms with Gasteiger partial charge in [-0.2, -0.15) is 5.10 Å². The monoisotopic (exact) mass is 332 g/mol. The third-order valence-electron chi connectivity index (χ3n) is 3.90. The summed E-state index contributed by atoms with van der Waals surface area (Å²) in [5.74, 6) is -1.16. The Hall–Kier alpha value is -3.74. The van der Waals surface area contributed by atoms with E-state index in [1.165, 1.54) is 10.6 Å². The van der Waals surface area contributed by atoms with Crippen molar-refractivity contribution >= 4 is 22.4 Å². The van der Waals surface area contributed by atoms with E-state index in [1.807, 2.05) is 54.6 Å². The molecule has 25 heavy (non-hydrogen) atoms. The van der Waals surface area contributed by atoms with Gasteiger partial charge in [0.15, 0.2) is 5.69 Å². The molecular weight excluding hydrogens is 320 g/mol. The van der Waals surface area contributed by atoms with E-state index in [1.54, 1.807) is 0 Å². The normalized spacial score (nSPS) is 11.9. The van der Waals surface area contributed by atoms with Crippen LogP contribution >= 0.6 is 0 Å². The van der Waals surface area contributed by atoms with Gasteiger partial charge in [0.05, 0.1) is 11.2 Å². The number of hydrogen-bond acceptors (Lipinski definition) is 5. The largest absolute Gasteiger partial charge is 0.476 e. The van der Waals surface area contributed by atoms with E-state index >= 15 is 0 Å². The summed E-state index contributed by atoms with van der Waals surface area (Å²) in [5, 5.41) is 26.8. The molecule has 0 atom stereocenters. The SMILES string of the molecule is O=C(O)c1cc2/c(=N\O)nc(-c3ccccc3)c3ccccc3n2n1. The number of carbonyl (C=O) groups is 1. The lowest BCUT2D eigenvalue weighted by Gasteiger charge is -2.01. The number of benzene rings is 2. The highest BCUT2D eigenvalue weighted by Gasteiger charge is 2.15. The predicted octanol–water partition coefficient (Wildman–Crippen LogP) is 2.54. The number of carboxylic acids is 1. The summed E-state index contributed by atoms with van der Waals surface area (Å²) in [4.78, 5) is 15.8. The number of rotatable bonds is 2. The number of nitrogens with zero attached hydrogens (tertiary/aromatic N) is 4. The first-order chi connectivity index (χ1) is 12.2. The molecule has 122 valence electrons. The lowest BCUT2D eigenvalue weighted by atomic mass is 10.1. The van der Waals surface area contributed by atoms with Crippen molar-refractivity contribution in [3.63, 3.8) is 0 Å². The summed E-state index contributed by atoms with van der Waals surface area (Å²) in [6.07, 6.45) is 0. The molecule has 0 bridgehead atoms. The average Bonchev–Trinajstić information content (AvgIpc) is 3.04. The lowest BCUT2D eigenvalue weighted by Crippen LogP contribution is -2.07. The minimum atomic E-state index is -1.16. The van der Waals surface area contributed by atoms with Gasteiger partial charge in [-0.1, -0.05) is 53.7 Å². The maximum absolute atomic E-state index is 11.3. The van der Waals surface area contributed by atoms with Gasteiger partial charge in [0.25, 0.3) is 0 Å². The van der Waals surface area contributed by atoms with Crippen molar-refractivity contribution in [1.29, 1.82) is 0 Å². The average molecular weight is 332 g/mol. The van der Waals surface area contributed by atoms with Crippen molar-refractivity contribution in [1.82, 2.24) is 14.6 Å². The second kappa shape index (κ2) is 5.72. The summed E-state index contributed by atoms with van der Waals surface area (Å²) in [7, 11) is 0. The first-order valence-corrected chi connectivity index (χ1v) is 7.48. The van der Waals surface area contributed by atoms with E-state index in [-0.39, 0.29) is 11.2 Å². The van der Waals surface area contributed by atoms with E-state index in [0.717, 1.165) is 10.9 Å². The molecule has 0 unspecified atom stereocenters. The molecule has 0 spiro atoms. The van der Waals surface area contributed by atoms with Crippen molar-refractivity contribution in [2.75, 3.05) is 0 Å². The molecule has 4 rings (SSSR count). The Balaban J connectivity index is 2.26. The number of carboxylic acid groups (broad SMARTS) is 1. The summed E-state index contributed by atoms with van der Waals surface area (Å²) < 4.78 is 1.44. The Bertz CT molecular complexity index is 1180. The van der Waals surface area contributed by atoms with Gasteiger partial charge in [0.2, 0.25) is 5.49 Å². The van der Waals surface area contributed by atoms with Crippen LogP contribution in [0.4, 0.5) is 0 Å².